The molecule has 0 aliphatic carbocycles. The molecule has 2 aromatic rings. The van der Waals surface area contributed by atoms with Gasteiger partial charge in [-0.25, -0.2) is 4.98 Å². The molecule has 96 valence electrons. The molecule has 0 unspecified atom stereocenters. The third kappa shape index (κ3) is 2.12. The molecule has 0 saturated carbocycles. The fourth-order valence-corrected chi connectivity index (χ4v) is 3.31. The van der Waals surface area contributed by atoms with E-state index in [-0.39, 0.29) is 5.78 Å². The Kier molecular flexibility index (Phi) is 2.82. The predicted molar refractivity (Wildman–Crippen MR) is 75.3 cm³/mol. The Hall–Kier alpha value is -1.81. The quantitative estimate of drug-likeness (QED) is 0.737. The van der Waals surface area contributed by atoms with Crippen LogP contribution in [0.15, 0.2) is 32.5 Å². The molecule has 0 atom stereocenters. The van der Waals surface area contributed by atoms with Gasteiger partial charge in [0.25, 0.3) is 0 Å². The van der Waals surface area contributed by atoms with Crippen molar-refractivity contribution in [3.63, 3.8) is 0 Å². The van der Waals surface area contributed by atoms with Crippen molar-refractivity contribution in [2.75, 3.05) is 0 Å². The number of ketones is 1. The van der Waals surface area contributed by atoms with Crippen molar-refractivity contribution in [2.45, 2.75) is 25.8 Å². The minimum absolute atomic E-state index is 0.0408. The van der Waals surface area contributed by atoms with Gasteiger partial charge in [0.15, 0.2) is 0 Å². The first kappa shape index (κ1) is 12.2. The summed E-state index contributed by atoms with van der Waals surface area (Å²) in [5.41, 5.74) is 2.65. The molecule has 0 saturated heterocycles. The van der Waals surface area contributed by atoms with Crippen LogP contribution in [0.25, 0.3) is 6.08 Å². The fraction of sp³-hybridized carbons (Fsp3) is 0.200. The molecular formula is C15H13NO2S. The molecular weight excluding hydrogens is 258 g/mol. The van der Waals surface area contributed by atoms with Crippen LogP contribution in [0.3, 0.4) is 0 Å². The van der Waals surface area contributed by atoms with E-state index in [0.717, 1.165) is 27.6 Å². The molecule has 0 bridgehead atoms. The summed E-state index contributed by atoms with van der Waals surface area (Å²) in [6.07, 6.45) is 1.79. The lowest BCUT2D eigenvalue weighted by atomic mass is 10.1. The van der Waals surface area contributed by atoms with E-state index in [2.05, 4.69) is 4.98 Å². The van der Waals surface area contributed by atoms with Crippen molar-refractivity contribution in [3.05, 3.63) is 51.4 Å². The van der Waals surface area contributed by atoms with Crippen LogP contribution in [0.5, 0.6) is 0 Å². The lowest BCUT2D eigenvalue weighted by Gasteiger charge is -2.01. The van der Waals surface area contributed by atoms with Gasteiger partial charge in [0.1, 0.15) is 16.5 Å². The third-order valence-electron chi connectivity index (χ3n) is 3.00. The molecule has 19 heavy (non-hydrogen) atoms. The molecule has 3 nitrogen and oxygen atoms in total. The average molecular weight is 271 g/mol. The van der Waals surface area contributed by atoms with Crippen molar-refractivity contribution >= 4 is 23.6 Å². The van der Waals surface area contributed by atoms with Gasteiger partial charge >= 0.3 is 0 Å². The standard InChI is InChI=1S/C15H13NO2S/c1-8-6-9(2)16-15-13(8)14(17)12(19-15)7-11-5-4-10(3)18-11/h4-7H,1-3H3. The van der Waals surface area contributed by atoms with Gasteiger partial charge in [-0.2, -0.15) is 0 Å². The van der Waals surface area contributed by atoms with E-state index in [0.29, 0.717) is 10.7 Å². The molecule has 2 aromatic heterocycles. The summed E-state index contributed by atoms with van der Waals surface area (Å²) in [7, 11) is 0. The fourth-order valence-electron chi connectivity index (χ4n) is 2.18. The Morgan fingerprint density at radius 2 is 2.05 bits per heavy atom. The summed E-state index contributed by atoms with van der Waals surface area (Å²) in [5, 5.41) is 0.803. The first-order valence-electron chi connectivity index (χ1n) is 6.03. The smallest absolute Gasteiger partial charge is 0.202 e. The number of furan rings is 1. The summed E-state index contributed by atoms with van der Waals surface area (Å²) in [6.45, 7) is 5.78. The lowest BCUT2D eigenvalue weighted by Crippen LogP contribution is -1.99. The van der Waals surface area contributed by atoms with Gasteiger partial charge in [0.2, 0.25) is 5.78 Å². The zero-order valence-electron chi connectivity index (χ0n) is 11.0. The molecule has 0 fully saturated rings. The first-order chi connectivity index (χ1) is 9.04. The van der Waals surface area contributed by atoms with E-state index in [1.807, 2.05) is 39.0 Å². The summed E-state index contributed by atoms with van der Waals surface area (Å²) in [5.74, 6) is 1.58. The van der Waals surface area contributed by atoms with Gasteiger partial charge in [-0.1, -0.05) is 11.8 Å². The number of carbonyl (C=O) groups is 1. The number of allylic oxidation sites excluding steroid dienone is 1. The largest absolute Gasteiger partial charge is 0.462 e. The maximum absolute atomic E-state index is 12.4. The van der Waals surface area contributed by atoms with Crippen molar-refractivity contribution in [1.29, 1.82) is 0 Å². The molecule has 1 aliphatic heterocycles. The van der Waals surface area contributed by atoms with Crippen LogP contribution >= 0.6 is 11.8 Å². The number of Topliss-reactive ketones (excluding diaryl/α,β-unsaturated/α-hetero) is 1. The zero-order chi connectivity index (χ0) is 13.6. The van der Waals surface area contributed by atoms with Gasteiger partial charge < -0.3 is 4.42 Å². The van der Waals surface area contributed by atoms with Gasteiger partial charge in [0, 0.05) is 5.69 Å². The number of thioether (sulfide) groups is 1. The number of hydrogen-bond acceptors (Lipinski definition) is 4. The van der Waals surface area contributed by atoms with E-state index < -0.39 is 0 Å². The summed E-state index contributed by atoms with van der Waals surface area (Å²) >= 11 is 1.42. The topological polar surface area (TPSA) is 43.1 Å². The second-order valence-corrected chi connectivity index (χ2v) is 5.68. The van der Waals surface area contributed by atoms with Gasteiger partial charge in [-0.3, -0.25) is 4.79 Å². The molecule has 0 N–H and O–H groups in total. The lowest BCUT2D eigenvalue weighted by molar-refractivity contribution is 0.104. The highest BCUT2D eigenvalue weighted by Crippen LogP contribution is 2.41. The Morgan fingerprint density at radius 1 is 1.26 bits per heavy atom. The van der Waals surface area contributed by atoms with Crippen LogP contribution in [0.4, 0.5) is 0 Å². The minimum Gasteiger partial charge on any atom is -0.462 e. The molecule has 0 spiro atoms. The summed E-state index contributed by atoms with van der Waals surface area (Å²) in [6, 6.07) is 5.69. The molecule has 0 radical (unpaired) electrons. The zero-order valence-corrected chi connectivity index (χ0v) is 11.8. The van der Waals surface area contributed by atoms with Gasteiger partial charge in [0.05, 0.1) is 10.5 Å². The predicted octanol–water partition coefficient (Wildman–Crippen LogP) is 3.93. The maximum Gasteiger partial charge on any atom is 0.202 e. The minimum atomic E-state index is 0.0408. The molecule has 1 aliphatic rings. The van der Waals surface area contributed by atoms with Crippen LogP contribution in [-0.2, 0) is 0 Å². The monoisotopic (exact) mass is 271 g/mol. The van der Waals surface area contributed by atoms with Crippen LogP contribution in [0.2, 0.25) is 0 Å². The molecule has 0 aromatic carbocycles. The first-order valence-corrected chi connectivity index (χ1v) is 6.85. The SMILES string of the molecule is Cc1cc(C)c2c(n1)SC(=Cc1ccc(C)o1)C2=O. The van der Waals surface area contributed by atoms with E-state index in [9.17, 15) is 4.79 Å². The summed E-state index contributed by atoms with van der Waals surface area (Å²) in [4.78, 5) is 17.5. The second kappa shape index (κ2) is 4.38. The van der Waals surface area contributed by atoms with Crippen molar-refractivity contribution in [3.8, 4) is 0 Å². The number of aryl methyl sites for hydroxylation is 3. The number of pyridine rings is 1. The van der Waals surface area contributed by atoms with E-state index >= 15 is 0 Å². The van der Waals surface area contributed by atoms with Crippen molar-refractivity contribution in [2.24, 2.45) is 0 Å². The number of aromatic nitrogens is 1. The van der Waals surface area contributed by atoms with Crippen molar-refractivity contribution in [1.82, 2.24) is 4.98 Å². The number of nitrogens with zero attached hydrogens (tertiary/aromatic N) is 1. The number of hydrogen-bond donors (Lipinski definition) is 0. The van der Waals surface area contributed by atoms with Gasteiger partial charge in [-0.15, -0.1) is 0 Å². The molecule has 3 heterocycles. The van der Waals surface area contributed by atoms with Crippen LogP contribution in [0.1, 0.15) is 33.1 Å². The third-order valence-corrected chi connectivity index (χ3v) is 4.02. The maximum atomic E-state index is 12.4. The number of rotatable bonds is 1. The normalized spacial score (nSPS) is 16.2. The van der Waals surface area contributed by atoms with E-state index in [1.165, 1.54) is 11.8 Å². The highest BCUT2D eigenvalue weighted by molar-refractivity contribution is 8.04. The second-order valence-electron chi connectivity index (χ2n) is 4.65. The van der Waals surface area contributed by atoms with Crippen LogP contribution < -0.4 is 0 Å². The summed E-state index contributed by atoms with van der Waals surface area (Å²) < 4.78 is 5.48. The Bertz CT molecular complexity index is 713. The van der Waals surface area contributed by atoms with Crippen LogP contribution in [-0.4, -0.2) is 10.8 Å². The highest BCUT2D eigenvalue weighted by atomic mass is 32.2. The van der Waals surface area contributed by atoms with Gasteiger partial charge in [-0.05, 0) is 50.6 Å². The van der Waals surface area contributed by atoms with E-state index in [1.54, 1.807) is 6.08 Å². The Morgan fingerprint density at radius 3 is 2.74 bits per heavy atom. The highest BCUT2D eigenvalue weighted by Gasteiger charge is 2.29. The molecule has 3 rings (SSSR count). The Balaban J connectivity index is 2.04. The number of carbonyl (C=O) groups excluding carboxylic acids is 1. The average Bonchev–Trinajstić information content (AvgIpc) is 2.84. The molecule has 4 heteroatoms. The van der Waals surface area contributed by atoms with Crippen molar-refractivity contribution < 1.29 is 9.21 Å². The molecule has 0 amide bonds. The Labute approximate surface area is 115 Å². The van der Waals surface area contributed by atoms with E-state index in [4.69, 9.17) is 4.42 Å². The van der Waals surface area contributed by atoms with Crippen LogP contribution in [0, 0.1) is 20.8 Å². The number of fused-ring (bicyclic) bond motifs is 1.